The molecule has 0 bridgehead atoms. The van der Waals surface area contributed by atoms with Gasteiger partial charge in [-0.1, -0.05) is 0 Å². The summed E-state index contributed by atoms with van der Waals surface area (Å²) in [6, 6.07) is 5.86. The monoisotopic (exact) mass is 246 g/mol. The number of hydrogen-bond acceptors (Lipinski definition) is 3. The van der Waals surface area contributed by atoms with Gasteiger partial charge in [0.1, 0.15) is 5.75 Å². The topological polar surface area (TPSA) is 47.3 Å². The summed E-state index contributed by atoms with van der Waals surface area (Å²) in [5.74, 6) is 3.66. The molecule has 3 nitrogen and oxygen atoms in total. The van der Waals surface area contributed by atoms with Crippen LogP contribution < -0.4 is 15.8 Å². The summed E-state index contributed by atoms with van der Waals surface area (Å²) < 4.78 is 5.24. The molecular formula is C15H22N2O. The van der Waals surface area contributed by atoms with Crippen molar-refractivity contribution in [3.63, 3.8) is 0 Å². The van der Waals surface area contributed by atoms with Gasteiger partial charge in [-0.15, -0.1) is 0 Å². The molecule has 3 N–H and O–H groups in total. The van der Waals surface area contributed by atoms with Crippen molar-refractivity contribution >= 4 is 11.4 Å². The molecule has 2 saturated carbocycles. The van der Waals surface area contributed by atoms with Crippen molar-refractivity contribution in [2.24, 2.45) is 17.8 Å². The van der Waals surface area contributed by atoms with E-state index >= 15 is 0 Å². The number of methoxy groups -OCH3 is 1. The minimum atomic E-state index is 0.756. The molecule has 0 unspecified atom stereocenters. The first-order valence-corrected chi connectivity index (χ1v) is 6.94. The summed E-state index contributed by atoms with van der Waals surface area (Å²) in [6.45, 7) is 1.09. The molecule has 18 heavy (non-hydrogen) atoms. The molecule has 98 valence electrons. The first kappa shape index (κ1) is 11.7. The smallest absolute Gasteiger partial charge is 0.122 e. The van der Waals surface area contributed by atoms with E-state index in [0.29, 0.717) is 0 Å². The predicted octanol–water partition coefficient (Wildman–Crippen LogP) is 3.13. The van der Waals surface area contributed by atoms with Gasteiger partial charge in [-0.2, -0.15) is 0 Å². The van der Waals surface area contributed by atoms with Crippen LogP contribution in [0.5, 0.6) is 5.75 Å². The minimum Gasteiger partial charge on any atom is -0.497 e. The largest absolute Gasteiger partial charge is 0.497 e. The molecule has 0 aliphatic heterocycles. The van der Waals surface area contributed by atoms with Gasteiger partial charge in [0.05, 0.1) is 7.11 Å². The molecule has 2 fully saturated rings. The van der Waals surface area contributed by atoms with Crippen LogP contribution in [0.25, 0.3) is 0 Å². The average Bonchev–Trinajstić information content (AvgIpc) is 3.22. The molecule has 0 atom stereocenters. The standard InChI is InChI=1S/C15H22N2O/c1-18-14-7-12(16)6-13(8-14)17-9-15(10-2-3-10)11-4-5-11/h6-8,10-11,15,17H,2-5,9,16H2,1H3. The quantitative estimate of drug-likeness (QED) is 0.758. The normalized spacial score (nSPS) is 19.0. The van der Waals surface area contributed by atoms with Crippen LogP contribution in [0.3, 0.4) is 0 Å². The van der Waals surface area contributed by atoms with Gasteiger partial charge in [-0.05, 0) is 49.5 Å². The molecule has 3 rings (SSSR count). The number of ether oxygens (including phenoxy) is 1. The van der Waals surface area contributed by atoms with Crippen molar-refractivity contribution in [3.8, 4) is 5.75 Å². The van der Waals surface area contributed by atoms with E-state index in [0.717, 1.165) is 41.4 Å². The van der Waals surface area contributed by atoms with Crippen LogP contribution in [0.15, 0.2) is 18.2 Å². The molecule has 1 aromatic carbocycles. The molecule has 1 aromatic rings. The SMILES string of the molecule is COc1cc(N)cc(NCC(C2CC2)C2CC2)c1. The number of rotatable bonds is 6. The highest BCUT2D eigenvalue weighted by atomic mass is 16.5. The maximum Gasteiger partial charge on any atom is 0.122 e. The second kappa shape index (κ2) is 4.71. The third-order valence-corrected chi connectivity index (χ3v) is 4.16. The lowest BCUT2D eigenvalue weighted by Gasteiger charge is -2.17. The van der Waals surface area contributed by atoms with Crippen LogP contribution in [0.2, 0.25) is 0 Å². The van der Waals surface area contributed by atoms with Crippen LogP contribution in [-0.4, -0.2) is 13.7 Å². The maximum absolute atomic E-state index is 5.87. The third kappa shape index (κ3) is 2.71. The van der Waals surface area contributed by atoms with Crippen LogP contribution in [-0.2, 0) is 0 Å². The van der Waals surface area contributed by atoms with Gasteiger partial charge in [-0.3, -0.25) is 0 Å². The highest BCUT2D eigenvalue weighted by Crippen LogP contribution is 2.49. The lowest BCUT2D eigenvalue weighted by Crippen LogP contribution is -2.18. The van der Waals surface area contributed by atoms with Gasteiger partial charge in [0.15, 0.2) is 0 Å². The van der Waals surface area contributed by atoms with E-state index in [2.05, 4.69) is 5.32 Å². The Balaban J connectivity index is 1.62. The van der Waals surface area contributed by atoms with Gasteiger partial charge in [0.2, 0.25) is 0 Å². The number of nitrogen functional groups attached to an aromatic ring is 1. The molecule has 3 heteroatoms. The summed E-state index contributed by atoms with van der Waals surface area (Å²) in [6.07, 6.45) is 5.73. The van der Waals surface area contributed by atoms with Crippen LogP contribution >= 0.6 is 0 Å². The predicted molar refractivity (Wildman–Crippen MR) is 74.8 cm³/mol. The van der Waals surface area contributed by atoms with E-state index in [1.165, 1.54) is 25.7 Å². The molecule has 0 radical (unpaired) electrons. The molecule has 0 spiro atoms. The first-order valence-electron chi connectivity index (χ1n) is 6.94. The Morgan fingerprint density at radius 1 is 1.22 bits per heavy atom. The zero-order valence-electron chi connectivity index (χ0n) is 11.0. The zero-order valence-corrected chi connectivity index (χ0v) is 11.0. The van der Waals surface area contributed by atoms with Gasteiger partial charge < -0.3 is 15.8 Å². The van der Waals surface area contributed by atoms with E-state index in [9.17, 15) is 0 Å². The van der Waals surface area contributed by atoms with Crippen molar-refractivity contribution in [3.05, 3.63) is 18.2 Å². The molecule has 0 aromatic heterocycles. The van der Waals surface area contributed by atoms with E-state index in [4.69, 9.17) is 10.5 Å². The average molecular weight is 246 g/mol. The highest BCUT2D eigenvalue weighted by molar-refractivity contribution is 5.59. The van der Waals surface area contributed by atoms with Crippen molar-refractivity contribution in [2.45, 2.75) is 25.7 Å². The third-order valence-electron chi connectivity index (χ3n) is 4.16. The Morgan fingerprint density at radius 3 is 2.44 bits per heavy atom. The zero-order chi connectivity index (χ0) is 12.5. The lowest BCUT2D eigenvalue weighted by molar-refractivity contribution is 0.414. The number of hydrogen-bond donors (Lipinski definition) is 2. The Morgan fingerprint density at radius 2 is 1.89 bits per heavy atom. The summed E-state index contributed by atoms with van der Waals surface area (Å²) in [7, 11) is 1.68. The van der Waals surface area contributed by atoms with Gasteiger partial charge in [0, 0.05) is 30.1 Å². The van der Waals surface area contributed by atoms with Crippen molar-refractivity contribution in [1.82, 2.24) is 0 Å². The molecule has 0 heterocycles. The molecular weight excluding hydrogens is 224 g/mol. The summed E-state index contributed by atoms with van der Waals surface area (Å²) in [4.78, 5) is 0. The van der Waals surface area contributed by atoms with Crippen LogP contribution in [0.4, 0.5) is 11.4 Å². The van der Waals surface area contributed by atoms with Gasteiger partial charge >= 0.3 is 0 Å². The maximum atomic E-state index is 5.87. The molecule has 0 saturated heterocycles. The Kier molecular flexibility index (Phi) is 3.06. The molecule has 2 aliphatic carbocycles. The number of anilines is 2. The van der Waals surface area contributed by atoms with Crippen molar-refractivity contribution in [1.29, 1.82) is 0 Å². The van der Waals surface area contributed by atoms with E-state index < -0.39 is 0 Å². The van der Waals surface area contributed by atoms with Crippen molar-refractivity contribution < 1.29 is 4.74 Å². The van der Waals surface area contributed by atoms with Gasteiger partial charge in [0.25, 0.3) is 0 Å². The van der Waals surface area contributed by atoms with Crippen LogP contribution in [0.1, 0.15) is 25.7 Å². The fraction of sp³-hybridized carbons (Fsp3) is 0.600. The Bertz CT molecular complexity index is 413. The highest BCUT2D eigenvalue weighted by Gasteiger charge is 2.40. The number of nitrogens with two attached hydrogens (primary N) is 1. The summed E-state index contributed by atoms with van der Waals surface area (Å²) in [5, 5.41) is 3.54. The Hall–Kier alpha value is -1.38. The summed E-state index contributed by atoms with van der Waals surface area (Å²) >= 11 is 0. The van der Waals surface area contributed by atoms with E-state index in [-0.39, 0.29) is 0 Å². The molecule has 2 aliphatic rings. The summed E-state index contributed by atoms with van der Waals surface area (Å²) in [5.41, 5.74) is 7.70. The minimum absolute atomic E-state index is 0.756. The Labute approximate surface area is 109 Å². The van der Waals surface area contributed by atoms with Crippen molar-refractivity contribution in [2.75, 3.05) is 24.7 Å². The fourth-order valence-corrected chi connectivity index (χ4v) is 2.84. The van der Waals surface area contributed by atoms with E-state index in [1.54, 1.807) is 7.11 Å². The lowest BCUT2D eigenvalue weighted by atomic mass is 9.98. The second-order valence-electron chi connectivity index (χ2n) is 5.71. The second-order valence-corrected chi connectivity index (χ2v) is 5.71. The van der Waals surface area contributed by atoms with Gasteiger partial charge in [-0.25, -0.2) is 0 Å². The first-order chi connectivity index (χ1) is 8.76. The number of benzene rings is 1. The van der Waals surface area contributed by atoms with Crippen LogP contribution in [0, 0.1) is 17.8 Å². The number of nitrogens with one attached hydrogen (secondary N) is 1. The molecule has 0 amide bonds. The van der Waals surface area contributed by atoms with E-state index in [1.807, 2.05) is 18.2 Å². The fourth-order valence-electron chi connectivity index (χ4n) is 2.84.